The molecule has 3 heteroatoms. The quantitative estimate of drug-likeness (QED) is 0.337. The molecular formula is C6H8BrNO. The van der Waals surface area contributed by atoms with Gasteiger partial charge in [0.1, 0.15) is 0 Å². The number of allylic oxidation sites excluding steroid dienone is 2. The van der Waals surface area contributed by atoms with Gasteiger partial charge in [-0.25, -0.2) is 0 Å². The Morgan fingerprint density at radius 1 is 1.56 bits per heavy atom. The molecule has 1 heterocycles. The van der Waals surface area contributed by atoms with E-state index in [9.17, 15) is 5.21 Å². The van der Waals surface area contributed by atoms with Gasteiger partial charge < -0.3 is 10.3 Å². The molecule has 1 rings (SSSR count). The molecule has 0 bridgehead atoms. The molecule has 2 atom stereocenters. The van der Waals surface area contributed by atoms with E-state index in [1.54, 1.807) is 12.3 Å². The van der Waals surface area contributed by atoms with Gasteiger partial charge in [0.2, 0.25) is 0 Å². The Hall–Kier alpha value is -0.120. The van der Waals surface area contributed by atoms with Crippen molar-refractivity contribution in [3.8, 4) is 0 Å². The van der Waals surface area contributed by atoms with Gasteiger partial charge in [-0.3, -0.25) is 0 Å². The van der Waals surface area contributed by atoms with Crippen LogP contribution >= 0.6 is 15.9 Å². The van der Waals surface area contributed by atoms with Gasteiger partial charge in [0.05, 0.1) is 6.20 Å². The third kappa shape index (κ3) is 1.41. The van der Waals surface area contributed by atoms with Gasteiger partial charge in [-0.2, -0.15) is 0 Å². The fraction of sp³-hybridized carbons (Fsp3) is 0.333. The molecule has 0 aromatic rings. The first-order chi connectivity index (χ1) is 4.13. The summed E-state index contributed by atoms with van der Waals surface area (Å²) >= 11 is 3.27. The smallest absolute Gasteiger partial charge is 0.172 e. The van der Waals surface area contributed by atoms with Crippen LogP contribution in [0.2, 0.25) is 0 Å². The summed E-state index contributed by atoms with van der Waals surface area (Å²) in [5, 5.41) is 11.0. The highest BCUT2D eigenvalue weighted by Crippen LogP contribution is 2.11. The summed E-state index contributed by atoms with van der Waals surface area (Å²) in [6.07, 6.45) is 6.99. The largest absolute Gasteiger partial charge is 0.628 e. The van der Waals surface area contributed by atoms with Crippen molar-refractivity contribution < 1.29 is 5.06 Å². The molecule has 1 aliphatic heterocycles. The van der Waals surface area contributed by atoms with Crippen LogP contribution in [0.3, 0.4) is 0 Å². The van der Waals surface area contributed by atoms with Crippen LogP contribution in [-0.2, 0) is 0 Å². The molecule has 0 aliphatic carbocycles. The van der Waals surface area contributed by atoms with E-state index >= 15 is 0 Å². The van der Waals surface area contributed by atoms with Gasteiger partial charge >= 0.3 is 0 Å². The monoisotopic (exact) mass is 189 g/mol. The van der Waals surface area contributed by atoms with E-state index in [1.165, 1.54) is 0 Å². The van der Waals surface area contributed by atoms with Crippen LogP contribution in [0.4, 0.5) is 0 Å². The Balaban J connectivity index is 2.78. The Kier molecular flexibility index (Phi) is 1.75. The first kappa shape index (κ1) is 6.99. The summed E-state index contributed by atoms with van der Waals surface area (Å²) in [5.41, 5.74) is 0. The van der Waals surface area contributed by atoms with Crippen LogP contribution in [0.5, 0.6) is 0 Å². The topological polar surface area (TPSA) is 27.5 Å². The Morgan fingerprint density at radius 2 is 2.22 bits per heavy atom. The number of quaternary nitrogens is 1. The number of hydrogen-bond acceptors (Lipinski definition) is 1. The molecule has 1 N–H and O–H groups in total. The van der Waals surface area contributed by atoms with Gasteiger partial charge in [-0.05, 0) is 28.1 Å². The second-order valence-corrected chi connectivity index (χ2v) is 3.81. The van der Waals surface area contributed by atoms with Gasteiger partial charge in [0, 0.05) is 6.92 Å². The van der Waals surface area contributed by atoms with Crippen molar-refractivity contribution in [1.29, 1.82) is 0 Å². The molecule has 0 aromatic carbocycles. The predicted molar refractivity (Wildman–Crippen MR) is 39.9 cm³/mol. The molecular weight excluding hydrogens is 182 g/mol. The molecule has 0 aromatic heterocycles. The van der Waals surface area contributed by atoms with Crippen molar-refractivity contribution in [1.82, 2.24) is 0 Å². The highest BCUT2D eigenvalue weighted by molar-refractivity contribution is 9.10. The molecule has 0 radical (unpaired) electrons. The normalized spacial score (nSPS) is 41.4. The predicted octanol–water partition coefficient (Wildman–Crippen LogP) is 0.564. The lowest BCUT2D eigenvalue weighted by Crippen LogP contribution is -3.10. The number of alkyl halides is 1. The van der Waals surface area contributed by atoms with E-state index in [0.29, 0.717) is 0 Å². The number of hydroxylamine groups is 2. The minimum Gasteiger partial charge on any atom is -0.628 e. The van der Waals surface area contributed by atoms with E-state index in [-0.39, 0.29) is 5.06 Å². The fourth-order valence-corrected chi connectivity index (χ4v) is 0.909. The average Bonchev–Trinajstić information content (AvgIpc) is 1.77. The van der Waals surface area contributed by atoms with Crippen molar-refractivity contribution in [3.63, 3.8) is 0 Å². The van der Waals surface area contributed by atoms with E-state index in [1.807, 2.05) is 19.1 Å². The number of rotatable bonds is 0. The third-order valence-corrected chi connectivity index (χ3v) is 1.90. The Morgan fingerprint density at radius 3 is 2.56 bits per heavy atom. The molecule has 50 valence electrons. The SMILES string of the molecule is CC1(Br)C=CC=C[NH+]1[O-]. The maximum Gasteiger partial charge on any atom is 0.172 e. The van der Waals surface area contributed by atoms with Crippen LogP contribution in [0.15, 0.2) is 24.4 Å². The van der Waals surface area contributed by atoms with Gasteiger partial charge in [-0.15, -0.1) is 0 Å². The maximum atomic E-state index is 10.9. The standard InChI is InChI=1S/C6H8BrNO/c1-6(7)4-2-3-5-8(6)9/h2-5,8H,1H3. The lowest BCUT2D eigenvalue weighted by molar-refractivity contribution is -0.820. The van der Waals surface area contributed by atoms with Crippen LogP contribution < -0.4 is 5.06 Å². The Labute approximate surface area is 62.6 Å². The first-order valence-electron chi connectivity index (χ1n) is 2.72. The second-order valence-electron chi connectivity index (χ2n) is 2.16. The second kappa shape index (κ2) is 2.25. The van der Waals surface area contributed by atoms with E-state index < -0.39 is 4.45 Å². The van der Waals surface area contributed by atoms with Crippen molar-refractivity contribution in [3.05, 3.63) is 29.6 Å². The third-order valence-electron chi connectivity index (χ3n) is 1.25. The molecule has 0 saturated carbocycles. The molecule has 0 amide bonds. The van der Waals surface area contributed by atoms with E-state index in [2.05, 4.69) is 15.9 Å². The first-order valence-corrected chi connectivity index (χ1v) is 3.51. The number of hydrogen-bond donors (Lipinski definition) is 1. The zero-order valence-electron chi connectivity index (χ0n) is 5.10. The summed E-state index contributed by atoms with van der Waals surface area (Å²) in [7, 11) is 0. The fourth-order valence-electron chi connectivity index (χ4n) is 0.624. The molecule has 2 nitrogen and oxygen atoms in total. The number of halogens is 1. The molecule has 1 aliphatic rings. The highest BCUT2D eigenvalue weighted by atomic mass is 79.9. The van der Waals surface area contributed by atoms with E-state index in [4.69, 9.17) is 0 Å². The van der Waals surface area contributed by atoms with Crippen molar-refractivity contribution in [2.45, 2.75) is 11.4 Å². The van der Waals surface area contributed by atoms with Crippen molar-refractivity contribution in [2.24, 2.45) is 0 Å². The Bertz CT molecular complexity index is 162. The van der Waals surface area contributed by atoms with Crippen molar-refractivity contribution in [2.75, 3.05) is 0 Å². The lowest BCUT2D eigenvalue weighted by atomic mass is 10.2. The number of nitrogens with one attached hydrogen (secondary N) is 1. The summed E-state index contributed by atoms with van der Waals surface area (Å²) in [6.45, 7) is 1.83. The van der Waals surface area contributed by atoms with Crippen molar-refractivity contribution >= 4 is 15.9 Å². The molecule has 0 fully saturated rings. The van der Waals surface area contributed by atoms with Crippen LogP contribution in [0, 0.1) is 5.21 Å². The summed E-state index contributed by atoms with van der Waals surface area (Å²) in [6, 6.07) is 0. The van der Waals surface area contributed by atoms with Crippen LogP contribution in [-0.4, -0.2) is 4.45 Å². The zero-order chi connectivity index (χ0) is 6.91. The minimum absolute atomic E-state index is 0.102. The lowest BCUT2D eigenvalue weighted by Gasteiger charge is -2.32. The van der Waals surface area contributed by atoms with Crippen LogP contribution in [0.25, 0.3) is 0 Å². The summed E-state index contributed by atoms with van der Waals surface area (Å²) < 4.78 is -0.457. The highest BCUT2D eigenvalue weighted by Gasteiger charge is 2.23. The van der Waals surface area contributed by atoms with Crippen LogP contribution in [0.1, 0.15) is 6.92 Å². The maximum absolute atomic E-state index is 10.9. The van der Waals surface area contributed by atoms with Gasteiger partial charge in [-0.1, -0.05) is 6.08 Å². The van der Waals surface area contributed by atoms with Gasteiger partial charge in [0.25, 0.3) is 0 Å². The summed E-state index contributed by atoms with van der Waals surface area (Å²) in [5.74, 6) is 0. The zero-order valence-corrected chi connectivity index (χ0v) is 6.68. The molecule has 0 saturated heterocycles. The molecule has 9 heavy (non-hydrogen) atoms. The minimum atomic E-state index is -0.457. The average molecular weight is 190 g/mol. The summed E-state index contributed by atoms with van der Waals surface area (Å²) in [4.78, 5) is 0. The molecule has 2 unspecified atom stereocenters. The molecule has 0 spiro atoms. The van der Waals surface area contributed by atoms with Gasteiger partial charge in [0.15, 0.2) is 4.45 Å². The van der Waals surface area contributed by atoms with E-state index in [0.717, 1.165) is 0 Å².